The van der Waals surface area contributed by atoms with Crippen LogP contribution in [0.1, 0.15) is 18.1 Å². The highest BCUT2D eigenvalue weighted by Crippen LogP contribution is 2.11. The summed E-state index contributed by atoms with van der Waals surface area (Å²) in [5.41, 5.74) is 3.30. The van der Waals surface area contributed by atoms with Gasteiger partial charge in [-0.1, -0.05) is 12.1 Å². The Kier molecular flexibility index (Phi) is 3.77. The van der Waals surface area contributed by atoms with Crippen molar-refractivity contribution in [3.63, 3.8) is 0 Å². The third-order valence-electron chi connectivity index (χ3n) is 3.24. The van der Waals surface area contributed by atoms with Crippen LogP contribution in [0.5, 0.6) is 0 Å². The van der Waals surface area contributed by atoms with E-state index in [1.807, 2.05) is 13.0 Å². The Hall–Kier alpha value is -1.68. The Morgan fingerprint density at radius 2 is 2.17 bits per heavy atom. The molecule has 0 atom stereocenters. The Bertz CT molecular complexity index is 503. The van der Waals surface area contributed by atoms with Gasteiger partial charge in [-0.2, -0.15) is 0 Å². The van der Waals surface area contributed by atoms with Crippen LogP contribution in [0.3, 0.4) is 0 Å². The third kappa shape index (κ3) is 2.76. The quantitative estimate of drug-likeness (QED) is 0.799. The minimum absolute atomic E-state index is 0.0764. The summed E-state index contributed by atoms with van der Waals surface area (Å²) in [5, 5.41) is 5.90. The molecule has 0 radical (unpaired) electrons. The van der Waals surface area contributed by atoms with Crippen molar-refractivity contribution in [3.05, 3.63) is 46.3 Å². The first-order valence-electron chi connectivity index (χ1n) is 6.00. The summed E-state index contributed by atoms with van der Waals surface area (Å²) >= 11 is 0. The molecule has 2 rings (SSSR count). The van der Waals surface area contributed by atoms with Gasteiger partial charge in [0, 0.05) is 25.2 Å². The minimum Gasteiger partial charge on any atom is -0.348 e. The van der Waals surface area contributed by atoms with Crippen molar-refractivity contribution < 1.29 is 9.18 Å². The SMILES string of the molecule is CC(C(=O)NCc1ccc(C)c(F)c1)=C1CNC1. The zero-order chi connectivity index (χ0) is 13.1. The number of carbonyl (C=O) groups excluding carboxylic acids is 1. The molecule has 3 nitrogen and oxygen atoms in total. The molecule has 1 aromatic rings. The largest absolute Gasteiger partial charge is 0.348 e. The van der Waals surface area contributed by atoms with Crippen molar-refractivity contribution >= 4 is 5.91 Å². The molecule has 0 unspecified atom stereocenters. The zero-order valence-electron chi connectivity index (χ0n) is 10.6. The lowest BCUT2D eigenvalue weighted by atomic mass is 10.0. The van der Waals surface area contributed by atoms with E-state index in [-0.39, 0.29) is 11.7 Å². The monoisotopic (exact) mass is 248 g/mol. The molecule has 96 valence electrons. The van der Waals surface area contributed by atoms with E-state index in [1.165, 1.54) is 6.07 Å². The molecule has 18 heavy (non-hydrogen) atoms. The van der Waals surface area contributed by atoms with Gasteiger partial charge in [0.05, 0.1) is 0 Å². The summed E-state index contributed by atoms with van der Waals surface area (Å²) < 4.78 is 13.3. The molecule has 0 saturated carbocycles. The first-order chi connectivity index (χ1) is 8.58. The molecular weight excluding hydrogens is 231 g/mol. The molecule has 0 aromatic heterocycles. The van der Waals surface area contributed by atoms with Crippen molar-refractivity contribution in [2.75, 3.05) is 13.1 Å². The number of hydrogen-bond acceptors (Lipinski definition) is 2. The molecular formula is C14H17FN2O. The maximum Gasteiger partial charge on any atom is 0.247 e. The molecule has 4 heteroatoms. The lowest BCUT2D eigenvalue weighted by Gasteiger charge is -2.21. The highest BCUT2D eigenvalue weighted by Gasteiger charge is 2.15. The summed E-state index contributed by atoms with van der Waals surface area (Å²) in [6.07, 6.45) is 0. The number of nitrogens with one attached hydrogen (secondary N) is 2. The Balaban J connectivity index is 1.95. The van der Waals surface area contributed by atoms with E-state index < -0.39 is 0 Å². The first-order valence-corrected chi connectivity index (χ1v) is 6.00. The van der Waals surface area contributed by atoms with Crippen molar-refractivity contribution in [3.8, 4) is 0 Å². The number of amides is 1. The third-order valence-corrected chi connectivity index (χ3v) is 3.24. The van der Waals surface area contributed by atoms with Crippen LogP contribution < -0.4 is 10.6 Å². The lowest BCUT2D eigenvalue weighted by Crippen LogP contribution is -2.37. The van der Waals surface area contributed by atoms with E-state index in [4.69, 9.17) is 0 Å². The van der Waals surface area contributed by atoms with Crippen LogP contribution >= 0.6 is 0 Å². The van der Waals surface area contributed by atoms with Gasteiger partial charge in [-0.3, -0.25) is 4.79 Å². The molecule has 2 N–H and O–H groups in total. The summed E-state index contributed by atoms with van der Waals surface area (Å²) in [7, 11) is 0. The van der Waals surface area contributed by atoms with Crippen LogP contribution in [0.2, 0.25) is 0 Å². The van der Waals surface area contributed by atoms with Gasteiger partial charge in [-0.25, -0.2) is 4.39 Å². The second-order valence-corrected chi connectivity index (χ2v) is 4.60. The van der Waals surface area contributed by atoms with Gasteiger partial charge in [-0.05, 0) is 36.6 Å². The van der Waals surface area contributed by atoms with Crippen LogP contribution in [-0.4, -0.2) is 19.0 Å². The van der Waals surface area contributed by atoms with Crippen LogP contribution in [0.15, 0.2) is 29.3 Å². The van der Waals surface area contributed by atoms with Gasteiger partial charge in [0.15, 0.2) is 0 Å². The van der Waals surface area contributed by atoms with Crippen LogP contribution in [0.4, 0.5) is 4.39 Å². The predicted octanol–water partition coefficient (Wildman–Crippen LogP) is 1.67. The van der Waals surface area contributed by atoms with Crippen molar-refractivity contribution in [1.82, 2.24) is 10.6 Å². The molecule has 1 fully saturated rings. The van der Waals surface area contributed by atoms with E-state index in [9.17, 15) is 9.18 Å². The van der Waals surface area contributed by atoms with Gasteiger partial charge in [0.1, 0.15) is 5.82 Å². The van der Waals surface area contributed by atoms with Crippen molar-refractivity contribution in [2.24, 2.45) is 0 Å². The lowest BCUT2D eigenvalue weighted by molar-refractivity contribution is -0.117. The molecule has 1 aromatic carbocycles. The number of carbonyl (C=O) groups is 1. The Labute approximate surface area is 106 Å². The molecule has 1 heterocycles. The maximum atomic E-state index is 13.3. The summed E-state index contributed by atoms with van der Waals surface area (Å²) in [6, 6.07) is 5.01. The molecule has 1 saturated heterocycles. The van der Waals surface area contributed by atoms with Gasteiger partial charge < -0.3 is 10.6 Å². The zero-order valence-corrected chi connectivity index (χ0v) is 10.6. The fourth-order valence-electron chi connectivity index (χ4n) is 1.74. The molecule has 0 spiro atoms. The number of halogens is 1. The Morgan fingerprint density at radius 1 is 1.44 bits per heavy atom. The molecule has 0 aliphatic carbocycles. The molecule has 1 amide bonds. The smallest absolute Gasteiger partial charge is 0.247 e. The second-order valence-electron chi connectivity index (χ2n) is 4.60. The standard InChI is InChI=1S/C14H17FN2O/c1-9-3-4-11(5-13(9)15)6-17-14(18)10(2)12-7-16-8-12/h3-5,16H,6-8H2,1-2H3,(H,17,18). The van der Waals surface area contributed by atoms with Gasteiger partial charge in [0.25, 0.3) is 0 Å². The molecule has 1 aliphatic rings. The maximum absolute atomic E-state index is 13.3. The molecule has 1 aliphatic heterocycles. The van der Waals surface area contributed by atoms with Crippen LogP contribution in [0.25, 0.3) is 0 Å². The minimum atomic E-state index is -0.236. The Morgan fingerprint density at radius 3 is 2.72 bits per heavy atom. The van der Waals surface area contributed by atoms with Crippen LogP contribution in [-0.2, 0) is 11.3 Å². The van der Waals surface area contributed by atoms with Crippen molar-refractivity contribution in [2.45, 2.75) is 20.4 Å². The van der Waals surface area contributed by atoms with Gasteiger partial charge in [0.2, 0.25) is 5.91 Å². The van der Waals surface area contributed by atoms with Crippen molar-refractivity contribution in [1.29, 1.82) is 0 Å². The van der Waals surface area contributed by atoms with E-state index >= 15 is 0 Å². The average Bonchev–Trinajstić information content (AvgIpc) is 2.28. The second kappa shape index (κ2) is 5.31. The highest BCUT2D eigenvalue weighted by atomic mass is 19.1. The predicted molar refractivity (Wildman–Crippen MR) is 68.6 cm³/mol. The van der Waals surface area contributed by atoms with Gasteiger partial charge >= 0.3 is 0 Å². The number of aryl methyl sites for hydroxylation is 1. The first kappa shape index (κ1) is 12.8. The van der Waals surface area contributed by atoms with E-state index in [1.54, 1.807) is 13.0 Å². The summed E-state index contributed by atoms with van der Waals surface area (Å²) in [4.78, 5) is 11.8. The number of hydrogen-bond donors (Lipinski definition) is 2. The van der Waals surface area contributed by atoms with Crippen LogP contribution in [0, 0.1) is 12.7 Å². The van der Waals surface area contributed by atoms with Gasteiger partial charge in [-0.15, -0.1) is 0 Å². The highest BCUT2D eigenvalue weighted by molar-refractivity contribution is 5.93. The number of rotatable bonds is 3. The van der Waals surface area contributed by atoms with E-state index in [2.05, 4.69) is 10.6 Å². The number of benzene rings is 1. The fraction of sp³-hybridized carbons (Fsp3) is 0.357. The van der Waals surface area contributed by atoms with E-state index in [0.717, 1.165) is 29.8 Å². The van der Waals surface area contributed by atoms with E-state index in [0.29, 0.717) is 12.1 Å². The average molecular weight is 248 g/mol. The topological polar surface area (TPSA) is 41.1 Å². The fourth-order valence-corrected chi connectivity index (χ4v) is 1.74. The summed E-state index contributed by atoms with van der Waals surface area (Å²) in [6.45, 7) is 5.47. The summed E-state index contributed by atoms with van der Waals surface area (Å²) in [5.74, 6) is -0.312. The normalized spacial score (nSPS) is 14.1. The molecule has 0 bridgehead atoms.